The summed E-state index contributed by atoms with van der Waals surface area (Å²) < 4.78 is 27.2. The van der Waals surface area contributed by atoms with E-state index >= 15 is 0 Å². The van der Waals surface area contributed by atoms with Gasteiger partial charge < -0.3 is 5.73 Å². The highest BCUT2D eigenvalue weighted by Crippen LogP contribution is 2.28. The summed E-state index contributed by atoms with van der Waals surface area (Å²) in [5.41, 5.74) is 5.58. The SMILES string of the molecule is CCCCCCCCCCCCC(F)(F)CCCC(C)N. The maximum atomic E-state index is 13.6. The Morgan fingerprint density at radius 2 is 1.19 bits per heavy atom. The summed E-state index contributed by atoms with van der Waals surface area (Å²) in [5.74, 6) is -2.48. The highest BCUT2D eigenvalue weighted by atomic mass is 19.3. The first-order chi connectivity index (χ1) is 9.98. The topological polar surface area (TPSA) is 26.0 Å². The molecule has 0 aliphatic heterocycles. The van der Waals surface area contributed by atoms with Crippen LogP contribution < -0.4 is 5.73 Å². The molecule has 0 saturated carbocycles. The maximum Gasteiger partial charge on any atom is 0.248 e. The smallest absolute Gasteiger partial charge is 0.248 e. The molecule has 1 atom stereocenters. The zero-order chi connectivity index (χ0) is 16.0. The van der Waals surface area contributed by atoms with Gasteiger partial charge in [-0.05, 0) is 26.2 Å². The van der Waals surface area contributed by atoms with Gasteiger partial charge >= 0.3 is 0 Å². The van der Waals surface area contributed by atoms with E-state index in [2.05, 4.69) is 6.92 Å². The minimum atomic E-state index is -2.48. The molecule has 0 aromatic heterocycles. The molecule has 0 aliphatic rings. The first kappa shape index (κ1) is 20.8. The lowest BCUT2D eigenvalue weighted by atomic mass is 10.0. The van der Waals surface area contributed by atoms with E-state index in [4.69, 9.17) is 5.73 Å². The predicted octanol–water partition coefficient (Wildman–Crippen LogP) is 6.45. The molecule has 0 amide bonds. The number of unbranched alkanes of at least 4 members (excludes halogenated alkanes) is 9. The molecule has 0 rings (SSSR count). The first-order valence-corrected chi connectivity index (χ1v) is 9.11. The number of hydrogen-bond acceptors (Lipinski definition) is 1. The molecule has 3 heteroatoms. The van der Waals surface area contributed by atoms with Crippen LogP contribution in [-0.2, 0) is 0 Å². The fourth-order valence-corrected chi connectivity index (χ4v) is 2.68. The van der Waals surface area contributed by atoms with E-state index in [1.807, 2.05) is 6.92 Å². The van der Waals surface area contributed by atoms with Gasteiger partial charge in [-0.25, -0.2) is 8.78 Å². The molecule has 0 aromatic carbocycles. The van der Waals surface area contributed by atoms with Gasteiger partial charge in [0.15, 0.2) is 0 Å². The third kappa shape index (κ3) is 16.0. The highest BCUT2D eigenvalue weighted by Gasteiger charge is 2.27. The average molecular weight is 305 g/mol. The zero-order valence-electron chi connectivity index (χ0n) is 14.3. The molecule has 0 radical (unpaired) electrons. The fraction of sp³-hybridized carbons (Fsp3) is 1.00. The van der Waals surface area contributed by atoms with Crippen molar-refractivity contribution in [3.8, 4) is 0 Å². The molecule has 0 spiro atoms. The number of rotatable bonds is 15. The minimum absolute atomic E-state index is 0.00592. The lowest BCUT2D eigenvalue weighted by Crippen LogP contribution is -2.19. The third-order valence-electron chi connectivity index (χ3n) is 4.10. The van der Waals surface area contributed by atoms with Gasteiger partial charge in [0.05, 0.1) is 0 Å². The van der Waals surface area contributed by atoms with Crippen molar-refractivity contribution in [2.24, 2.45) is 5.73 Å². The van der Waals surface area contributed by atoms with E-state index in [1.165, 1.54) is 44.9 Å². The van der Waals surface area contributed by atoms with Crippen LogP contribution in [0.2, 0.25) is 0 Å². The van der Waals surface area contributed by atoms with Crippen molar-refractivity contribution in [1.82, 2.24) is 0 Å². The molecule has 21 heavy (non-hydrogen) atoms. The summed E-state index contributed by atoms with van der Waals surface area (Å²) in [4.78, 5) is 0. The standard InChI is InChI=1S/C18H37F2N/c1-3-4-5-6-7-8-9-10-11-12-15-18(19,20)16-13-14-17(2)21/h17H,3-16,21H2,1-2H3. The Balaban J connectivity index is 3.32. The van der Waals surface area contributed by atoms with E-state index in [-0.39, 0.29) is 18.9 Å². The van der Waals surface area contributed by atoms with Gasteiger partial charge in [0.2, 0.25) is 5.92 Å². The van der Waals surface area contributed by atoms with Crippen LogP contribution in [0.5, 0.6) is 0 Å². The Kier molecular flexibility index (Phi) is 13.4. The van der Waals surface area contributed by atoms with Gasteiger partial charge in [0.1, 0.15) is 0 Å². The molecule has 1 unspecified atom stereocenters. The Morgan fingerprint density at radius 3 is 1.67 bits per heavy atom. The summed E-state index contributed by atoms with van der Waals surface area (Å²) in [6.07, 6.45) is 13.2. The fourth-order valence-electron chi connectivity index (χ4n) is 2.68. The lowest BCUT2D eigenvalue weighted by Gasteiger charge is -2.16. The van der Waals surface area contributed by atoms with Crippen LogP contribution in [0.4, 0.5) is 8.78 Å². The molecule has 2 N–H and O–H groups in total. The molecular formula is C18H37F2N. The summed E-state index contributed by atoms with van der Waals surface area (Å²) >= 11 is 0. The monoisotopic (exact) mass is 305 g/mol. The van der Waals surface area contributed by atoms with E-state index in [0.29, 0.717) is 19.3 Å². The molecule has 0 aromatic rings. The molecule has 1 nitrogen and oxygen atoms in total. The highest BCUT2D eigenvalue weighted by molar-refractivity contribution is 4.68. The number of alkyl halides is 2. The molecule has 128 valence electrons. The van der Waals surface area contributed by atoms with E-state index < -0.39 is 5.92 Å². The first-order valence-electron chi connectivity index (χ1n) is 9.11. The van der Waals surface area contributed by atoms with Crippen LogP contribution in [-0.4, -0.2) is 12.0 Å². The average Bonchev–Trinajstić information content (AvgIpc) is 2.40. The van der Waals surface area contributed by atoms with Gasteiger partial charge in [-0.3, -0.25) is 0 Å². The van der Waals surface area contributed by atoms with Crippen molar-refractivity contribution in [1.29, 1.82) is 0 Å². The lowest BCUT2D eigenvalue weighted by molar-refractivity contribution is -0.0207. The normalized spacial score (nSPS) is 13.6. The number of hydrogen-bond donors (Lipinski definition) is 1. The Hall–Kier alpha value is -0.180. The van der Waals surface area contributed by atoms with Gasteiger partial charge in [-0.1, -0.05) is 64.7 Å². The quantitative estimate of drug-likeness (QED) is 0.346. The molecule has 0 heterocycles. The second-order valence-electron chi connectivity index (χ2n) is 6.66. The number of halogens is 2. The van der Waals surface area contributed by atoms with Crippen LogP contribution in [0, 0.1) is 0 Å². The summed E-state index contributed by atoms with van der Waals surface area (Å²) in [6, 6.07) is 0.0399. The van der Waals surface area contributed by atoms with Crippen LogP contribution in [0.15, 0.2) is 0 Å². The third-order valence-corrected chi connectivity index (χ3v) is 4.10. The predicted molar refractivity (Wildman–Crippen MR) is 88.9 cm³/mol. The van der Waals surface area contributed by atoms with Gasteiger partial charge in [0, 0.05) is 18.9 Å². The van der Waals surface area contributed by atoms with E-state index in [1.54, 1.807) is 0 Å². The largest absolute Gasteiger partial charge is 0.328 e. The van der Waals surface area contributed by atoms with Crippen molar-refractivity contribution in [3.05, 3.63) is 0 Å². The minimum Gasteiger partial charge on any atom is -0.328 e. The van der Waals surface area contributed by atoms with Crippen molar-refractivity contribution in [3.63, 3.8) is 0 Å². The second-order valence-corrected chi connectivity index (χ2v) is 6.66. The van der Waals surface area contributed by atoms with Crippen molar-refractivity contribution in [2.45, 2.75) is 116 Å². The van der Waals surface area contributed by atoms with Crippen molar-refractivity contribution >= 4 is 0 Å². The Bertz CT molecular complexity index is 217. The Morgan fingerprint density at radius 1 is 0.762 bits per heavy atom. The molecule has 0 fully saturated rings. The van der Waals surface area contributed by atoms with Gasteiger partial charge in [-0.2, -0.15) is 0 Å². The molecular weight excluding hydrogens is 268 g/mol. The molecule has 0 saturated heterocycles. The van der Waals surface area contributed by atoms with Crippen molar-refractivity contribution < 1.29 is 8.78 Å². The van der Waals surface area contributed by atoms with Crippen LogP contribution >= 0.6 is 0 Å². The zero-order valence-corrected chi connectivity index (χ0v) is 14.3. The van der Waals surface area contributed by atoms with Gasteiger partial charge in [0.25, 0.3) is 0 Å². The van der Waals surface area contributed by atoms with Crippen LogP contribution in [0.1, 0.15) is 104 Å². The second kappa shape index (κ2) is 13.5. The van der Waals surface area contributed by atoms with Crippen molar-refractivity contribution in [2.75, 3.05) is 0 Å². The maximum absolute atomic E-state index is 13.6. The molecule has 0 bridgehead atoms. The van der Waals surface area contributed by atoms with E-state index in [9.17, 15) is 8.78 Å². The van der Waals surface area contributed by atoms with E-state index in [0.717, 1.165) is 12.8 Å². The molecule has 0 aliphatic carbocycles. The van der Waals surface area contributed by atoms with Crippen LogP contribution in [0.3, 0.4) is 0 Å². The summed E-state index contributed by atoms with van der Waals surface area (Å²) in [5, 5.41) is 0. The van der Waals surface area contributed by atoms with Gasteiger partial charge in [-0.15, -0.1) is 0 Å². The van der Waals surface area contributed by atoms with Crippen LogP contribution in [0.25, 0.3) is 0 Å². The summed E-state index contributed by atoms with van der Waals surface area (Å²) in [6.45, 7) is 4.10. The Labute approximate surface area is 131 Å². The summed E-state index contributed by atoms with van der Waals surface area (Å²) in [7, 11) is 0. The number of nitrogens with two attached hydrogens (primary N) is 1.